The van der Waals surface area contributed by atoms with Crippen LogP contribution in [0.5, 0.6) is 0 Å². The normalized spacial score (nSPS) is 12.8. The van der Waals surface area contributed by atoms with E-state index in [1.165, 1.54) is 6.33 Å². The van der Waals surface area contributed by atoms with E-state index in [1.54, 1.807) is 31.0 Å². The van der Waals surface area contributed by atoms with Gasteiger partial charge in [0.05, 0.1) is 41.5 Å². The van der Waals surface area contributed by atoms with Crippen LogP contribution in [-0.4, -0.2) is 41.0 Å². The third-order valence-corrected chi connectivity index (χ3v) is 5.17. The van der Waals surface area contributed by atoms with Crippen molar-refractivity contribution in [2.24, 2.45) is 4.99 Å². The Bertz CT molecular complexity index is 1430. The second-order valence-corrected chi connectivity index (χ2v) is 7.03. The van der Waals surface area contributed by atoms with Gasteiger partial charge < -0.3 is 5.32 Å². The highest BCUT2D eigenvalue weighted by atomic mass is 15.2. The molecule has 0 unspecified atom stereocenters. The van der Waals surface area contributed by atoms with E-state index >= 15 is 0 Å². The van der Waals surface area contributed by atoms with Gasteiger partial charge in [-0.25, -0.2) is 9.97 Å². The Morgan fingerprint density at radius 1 is 0.871 bits per heavy atom. The minimum absolute atomic E-state index is 0.505. The molecular formula is C22H15N9. The molecule has 1 aliphatic heterocycles. The number of amidine groups is 1. The predicted octanol–water partition coefficient (Wildman–Crippen LogP) is 3.24. The van der Waals surface area contributed by atoms with Crippen molar-refractivity contribution in [1.82, 2.24) is 35.1 Å². The van der Waals surface area contributed by atoms with Crippen molar-refractivity contribution in [3.05, 3.63) is 79.0 Å². The van der Waals surface area contributed by atoms with Gasteiger partial charge in [-0.3, -0.25) is 25.0 Å². The van der Waals surface area contributed by atoms with Crippen molar-refractivity contribution in [3.8, 4) is 22.5 Å². The van der Waals surface area contributed by atoms with Gasteiger partial charge in [0.15, 0.2) is 5.84 Å². The zero-order valence-corrected chi connectivity index (χ0v) is 16.2. The van der Waals surface area contributed by atoms with Crippen LogP contribution >= 0.6 is 0 Å². The summed E-state index contributed by atoms with van der Waals surface area (Å²) in [5.41, 5.74) is 6.96. The highest BCUT2D eigenvalue weighted by Crippen LogP contribution is 2.31. The molecule has 9 nitrogen and oxygen atoms in total. The molecule has 6 rings (SSSR count). The molecule has 2 N–H and O–H groups in total. The zero-order chi connectivity index (χ0) is 20.6. The lowest BCUT2D eigenvalue weighted by Crippen LogP contribution is -2.20. The average Bonchev–Trinajstić information content (AvgIpc) is 3.28. The highest BCUT2D eigenvalue weighted by Gasteiger charge is 2.21. The monoisotopic (exact) mass is 405 g/mol. The highest BCUT2D eigenvalue weighted by molar-refractivity contribution is 6.15. The number of nitrogens with zero attached hydrogens (tertiary/aromatic N) is 7. The summed E-state index contributed by atoms with van der Waals surface area (Å²) in [5, 5.41) is 11.8. The maximum atomic E-state index is 4.77. The van der Waals surface area contributed by atoms with Gasteiger partial charge in [-0.05, 0) is 18.2 Å². The molecule has 1 aliphatic rings. The molecule has 9 heteroatoms. The molecule has 5 aromatic heterocycles. The van der Waals surface area contributed by atoms with E-state index in [-0.39, 0.29) is 0 Å². The second-order valence-electron chi connectivity index (χ2n) is 7.03. The fourth-order valence-corrected chi connectivity index (χ4v) is 3.65. The number of hydrogen-bond donors (Lipinski definition) is 2. The van der Waals surface area contributed by atoms with Crippen LogP contribution in [0.15, 0.2) is 72.8 Å². The number of H-pyrrole nitrogens is 1. The first-order valence-corrected chi connectivity index (χ1v) is 9.66. The van der Waals surface area contributed by atoms with Gasteiger partial charge in [0.25, 0.3) is 0 Å². The summed E-state index contributed by atoms with van der Waals surface area (Å²) in [5.74, 6) is 0.681. The first-order chi connectivity index (χ1) is 15.4. The summed E-state index contributed by atoms with van der Waals surface area (Å²) < 4.78 is 0. The molecule has 0 spiro atoms. The fourth-order valence-electron chi connectivity index (χ4n) is 3.65. The van der Waals surface area contributed by atoms with Gasteiger partial charge in [0.1, 0.15) is 12.0 Å². The van der Waals surface area contributed by atoms with Gasteiger partial charge in [-0.1, -0.05) is 6.07 Å². The van der Waals surface area contributed by atoms with Crippen LogP contribution in [-0.2, 0) is 6.54 Å². The molecule has 148 valence electrons. The van der Waals surface area contributed by atoms with Crippen LogP contribution < -0.4 is 5.32 Å². The van der Waals surface area contributed by atoms with E-state index in [9.17, 15) is 0 Å². The minimum atomic E-state index is 0.505. The summed E-state index contributed by atoms with van der Waals surface area (Å²) in [4.78, 5) is 26.3. The zero-order valence-electron chi connectivity index (χ0n) is 16.2. The Labute approximate surface area is 176 Å². The number of fused-ring (bicyclic) bond motifs is 2. The quantitative estimate of drug-likeness (QED) is 0.473. The van der Waals surface area contributed by atoms with Crippen LogP contribution in [0.2, 0.25) is 0 Å². The van der Waals surface area contributed by atoms with Crippen LogP contribution in [0.25, 0.3) is 33.4 Å². The molecule has 0 radical (unpaired) electrons. The van der Waals surface area contributed by atoms with E-state index in [1.807, 2.05) is 30.5 Å². The first kappa shape index (κ1) is 17.3. The molecule has 0 atom stereocenters. The van der Waals surface area contributed by atoms with Crippen LogP contribution in [0.3, 0.4) is 0 Å². The van der Waals surface area contributed by atoms with Crippen LogP contribution in [0.4, 0.5) is 5.69 Å². The van der Waals surface area contributed by atoms with Gasteiger partial charge in [0.2, 0.25) is 0 Å². The van der Waals surface area contributed by atoms with Crippen molar-refractivity contribution in [2.45, 2.75) is 6.54 Å². The first-order valence-electron chi connectivity index (χ1n) is 9.66. The standard InChI is InChI=1S/C22H15N9/c1-2-4-26-17(3-1)15-8-23-10-19-16(15)9-28-22(29-19)21-14-5-18(13-6-24-12-25-7-13)27-11-20(14)30-31-21/h1-8,10-12H,9H2,(H,28,29)(H,30,31). The molecule has 0 amide bonds. The topological polar surface area (TPSA) is 118 Å². The SMILES string of the molecule is c1ccc(-c2cncc3c2CN=C(c2n[nH]c4cnc(-c5cncnc5)cc24)N3)nc1. The van der Waals surface area contributed by atoms with Crippen molar-refractivity contribution >= 4 is 22.4 Å². The second kappa shape index (κ2) is 7.06. The van der Waals surface area contributed by atoms with Crippen molar-refractivity contribution in [2.75, 3.05) is 5.32 Å². The van der Waals surface area contributed by atoms with E-state index < -0.39 is 0 Å². The Balaban J connectivity index is 1.40. The molecule has 0 aromatic carbocycles. The lowest BCUT2D eigenvalue weighted by atomic mass is 10.0. The predicted molar refractivity (Wildman–Crippen MR) is 116 cm³/mol. The van der Waals surface area contributed by atoms with E-state index in [0.29, 0.717) is 12.4 Å². The number of pyridine rings is 3. The molecule has 31 heavy (non-hydrogen) atoms. The summed E-state index contributed by atoms with van der Waals surface area (Å²) in [6, 6.07) is 7.80. The van der Waals surface area contributed by atoms with Gasteiger partial charge >= 0.3 is 0 Å². The Kier molecular flexibility index (Phi) is 3.95. The molecule has 0 aliphatic carbocycles. The molecular weight excluding hydrogens is 390 g/mol. The summed E-state index contributed by atoms with van der Waals surface area (Å²) in [6.07, 6.45) is 12.1. The largest absolute Gasteiger partial charge is 0.337 e. The number of aromatic amines is 1. The molecule has 0 bridgehead atoms. The maximum absolute atomic E-state index is 4.77. The third kappa shape index (κ3) is 2.99. The number of aromatic nitrogens is 7. The van der Waals surface area contributed by atoms with Crippen molar-refractivity contribution in [3.63, 3.8) is 0 Å². The fraction of sp³-hybridized carbons (Fsp3) is 0.0455. The number of nitrogens with one attached hydrogen (secondary N) is 2. The summed E-state index contributed by atoms with van der Waals surface area (Å²) >= 11 is 0. The minimum Gasteiger partial charge on any atom is -0.337 e. The molecule has 0 saturated heterocycles. The third-order valence-electron chi connectivity index (χ3n) is 5.17. The lowest BCUT2D eigenvalue weighted by molar-refractivity contribution is 1.02. The lowest BCUT2D eigenvalue weighted by Gasteiger charge is -2.19. The molecule has 0 saturated carbocycles. The number of anilines is 1. The molecule has 0 fully saturated rings. The van der Waals surface area contributed by atoms with Crippen molar-refractivity contribution < 1.29 is 0 Å². The smallest absolute Gasteiger partial charge is 0.154 e. The maximum Gasteiger partial charge on any atom is 0.154 e. The Morgan fingerprint density at radius 2 is 1.81 bits per heavy atom. The number of rotatable bonds is 3. The number of hydrogen-bond acceptors (Lipinski definition) is 8. The Morgan fingerprint density at radius 3 is 2.68 bits per heavy atom. The summed E-state index contributed by atoms with van der Waals surface area (Å²) in [6.45, 7) is 0.505. The van der Waals surface area contributed by atoms with Crippen LogP contribution in [0.1, 0.15) is 11.3 Å². The van der Waals surface area contributed by atoms with Gasteiger partial charge in [-0.15, -0.1) is 0 Å². The van der Waals surface area contributed by atoms with Gasteiger partial charge in [-0.2, -0.15) is 5.10 Å². The number of aliphatic imine (C=N–C) groups is 1. The Hall–Kier alpha value is -4.53. The van der Waals surface area contributed by atoms with Crippen molar-refractivity contribution in [1.29, 1.82) is 0 Å². The van der Waals surface area contributed by atoms with Gasteiger partial charge in [0, 0.05) is 46.9 Å². The molecule has 6 heterocycles. The average molecular weight is 405 g/mol. The van der Waals surface area contributed by atoms with E-state index in [4.69, 9.17) is 4.99 Å². The molecule has 5 aromatic rings. The van der Waals surface area contributed by atoms with Crippen LogP contribution in [0, 0.1) is 0 Å². The van der Waals surface area contributed by atoms with E-state index in [0.717, 1.165) is 50.4 Å². The summed E-state index contributed by atoms with van der Waals surface area (Å²) in [7, 11) is 0. The van der Waals surface area contributed by atoms with E-state index in [2.05, 4.69) is 40.4 Å².